The second kappa shape index (κ2) is 3.58. The molecule has 14 heavy (non-hydrogen) atoms. The summed E-state index contributed by atoms with van der Waals surface area (Å²) in [6.45, 7) is 3.13. The number of fused-ring (bicyclic) bond motifs is 1. The molecule has 0 saturated carbocycles. The number of hydrogen-bond acceptors (Lipinski definition) is 2. The summed E-state index contributed by atoms with van der Waals surface area (Å²) in [7, 11) is 2.10. The number of hydrogen-bond donors (Lipinski definition) is 1. The standard InChI is InChI=1S/C11H14N2S/c1-8-7-13(2)10-6-4-3-5-9(10)12-11(8)14/h3-6,8H,7H2,1-2H3,(H,12,14)/t8-/m0/s1. The van der Waals surface area contributed by atoms with Crippen molar-refractivity contribution in [2.24, 2.45) is 5.92 Å². The molecule has 0 fully saturated rings. The first-order valence-corrected chi connectivity index (χ1v) is 5.20. The smallest absolute Gasteiger partial charge is 0.0844 e. The lowest BCUT2D eigenvalue weighted by Crippen LogP contribution is -2.26. The van der Waals surface area contributed by atoms with Crippen molar-refractivity contribution in [1.29, 1.82) is 0 Å². The van der Waals surface area contributed by atoms with Crippen molar-refractivity contribution in [3.05, 3.63) is 24.3 Å². The molecule has 1 heterocycles. The summed E-state index contributed by atoms with van der Waals surface area (Å²) in [6, 6.07) is 8.26. The Hall–Kier alpha value is -1.09. The summed E-state index contributed by atoms with van der Waals surface area (Å²) in [5.74, 6) is 0.405. The van der Waals surface area contributed by atoms with Gasteiger partial charge in [-0.05, 0) is 12.1 Å². The number of para-hydroxylation sites is 2. The van der Waals surface area contributed by atoms with Crippen LogP contribution in [0.25, 0.3) is 0 Å². The number of thiocarbonyl (C=S) groups is 1. The van der Waals surface area contributed by atoms with Gasteiger partial charge >= 0.3 is 0 Å². The summed E-state index contributed by atoms with van der Waals surface area (Å²) in [5, 5.41) is 3.29. The van der Waals surface area contributed by atoms with E-state index >= 15 is 0 Å². The van der Waals surface area contributed by atoms with Gasteiger partial charge in [-0.3, -0.25) is 0 Å². The fraction of sp³-hybridized carbons (Fsp3) is 0.364. The van der Waals surface area contributed by atoms with Crippen LogP contribution in [-0.4, -0.2) is 18.6 Å². The van der Waals surface area contributed by atoms with Gasteiger partial charge in [-0.1, -0.05) is 31.3 Å². The molecule has 74 valence electrons. The Labute approximate surface area is 89.9 Å². The first kappa shape index (κ1) is 9.46. The summed E-state index contributed by atoms with van der Waals surface area (Å²) in [6.07, 6.45) is 0. The Morgan fingerprint density at radius 2 is 2.14 bits per heavy atom. The predicted octanol–water partition coefficient (Wildman–Crippen LogP) is 2.51. The van der Waals surface area contributed by atoms with Crippen LogP contribution in [0.1, 0.15) is 6.92 Å². The first-order valence-electron chi connectivity index (χ1n) is 4.79. The molecule has 1 atom stereocenters. The van der Waals surface area contributed by atoms with E-state index in [0.29, 0.717) is 5.92 Å². The predicted molar refractivity (Wildman–Crippen MR) is 65.1 cm³/mol. The van der Waals surface area contributed by atoms with Crippen LogP contribution in [0.4, 0.5) is 11.4 Å². The number of nitrogens with one attached hydrogen (secondary N) is 1. The Morgan fingerprint density at radius 1 is 1.43 bits per heavy atom. The zero-order chi connectivity index (χ0) is 10.1. The average molecular weight is 206 g/mol. The fourth-order valence-corrected chi connectivity index (χ4v) is 1.94. The average Bonchev–Trinajstić information content (AvgIpc) is 2.27. The maximum absolute atomic E-state index is 5.31. The van der Waals surface area contributed by atoms with Crippen molar-refractivity contribution in [1.82, 2.24) is 0 Å². The zero-order valence-electron chi connectivity index (χ0n) is 8.45. The molecule has 0 bridgehead atoms. The van der Waals surface area contributed by atoms with E-state index in [0.717, 1.165) is 17.2 Å². The molecule has 1 aliphatic heterocycles. The van der Waals surface area contributed by atoms with Crippen LogP contribution >= 0.6 is 12.2 Å². The van der Waals surface area contributed by atoms with Crippen molar-refractivity contribution in [3.63, 3.8) is 0 Å². The monoisotopic (exact) mass is 206 g/mol. The van der Waals surface area contributed by atoms with Crippen LogP contribution in [0.3, 0.4) is 0 Å². The molecule has 1 aromatic carbocycles. The van der Waals surface area contributed by atoms with E-state index < -0.39 is 0 Å². The number of rotatable bonds is 0. The second-order valence-electron chi connectivity index (χ2n) is 3.79. The van der Waals surface area contributed by atoms with Gasteiger partial charge in [-0.25, -0.2) is 0 Å². The molecule has 0 radical (unpaired) electrons. The minimum Gasteiger partial charge on any atom is -0.372 e. The van der Waals surface area contributed by atoms with E-state index in [1.165, 1.54) is 5.69 Å². The molecule has 1 aromatic rings. The van der Waals surface area contributed by atoms with Crippen LogP contribution < -0.4 is 10.2 Å². The number of benzene rings is 1. The van der Waals surface area contributed by atoms with Gasteiger partial charge in [0.1, 0.15) is 0 Å². The molecule has 0 unspecified atom stereocenters. The van der Waals surface area contributed by atoms with Crippen molar-refractivity contribution >= 4 is 28.6 Å². The molecular formula is C11H14N2S. The van der Waals surface area contributed by atoms with Gasteiger partial charge in [-0.15, -0.1) is 0 Å². The third kappa shape index (κ3) is 1.60. The van der Waals surface area contributed by atoms with Crippen LogP contribution in [0.2, 0.25) is 0 Å². The van der Waals surface area contributed by atoms with Gasteiger partial charge in [0.2, 0.25) is 0 Å². The SMILES string of the molecule is C[C@H]1CN(C)c2ccccc2NC1=S. The van der Waals surface area contributed by atoms with Crippen molar-refractivity contribution in [2.45, 2.75) is 6.92 Å². The summed E-state index contributed by atoms with van der Waals surface area (Å²) in [5.41, 5.74) is 2.34. The molecule has 0 amide bonds. The number of anilines is 2. The molecule has 0 saturated heterocycles. The van der Waals surface area contributed by atoms with E-state index in [2.05, 4.69) is 42.4 Å². The van der Waals surface area contributed by atoms with Crippen molar-refractivity contribution < 1.29 is 0 Å². The quantitative estimate of drug-likeness (QED) is 0.657. The van der Waals surface area contributed by atoms with E-state index in [-0.39, 0.29) is 0 Å². The molecule has 2 rings (SSSR count). The van der Waals surface area contributed by atoms with Crippen molar-refractivity contribution in [3.8, 4) is 0 Å². The normalized spacial score (nSPS) is 21.1. The second-order valence-corrected chi connectivity index (χ2v) is 4.23. The van der Waals surface area contributed by atoms with Crippen LogP contribution in [0, 0.1) is 5.92 Å². The molecule has 1 aliphatic rings. The summed E-state index contributed by atoms with van der Waals surface area (Å²) >= 11 is 5.31. The highest BCUT2D eigenvalue weighted by molar-refractivity contribution is 7.80. The van der Waals surface area contributed by atoms with Crippen LogP contribution in [-0.2, 0) is 0 Å². The van der Waals surface area contributed by atoms with E-state index in [9.17, 15) is 0 Å². The lowest BCUT2D eigenvalue weighted by Gasteiger charge is -2.19. The fourth-order valence-electron chi connectivity index (χ4n) is 1.76. The third-order valence-corrected chi connectivity index (χ3v) is 3.07. The molecular weight excluding hydrogens is 192 g/mol. The van der Waals surface area contributed by atoms with Crippen LogP contribution in [0.15, 0.2) is 24.3 Å². The Balaban J connectivity index is 2.43. The minimum atomic E-state index is 0.405. The minimum absolute atomic E-state index is 0.405. The van der Waals surface area contributed by atoms with Gasteiger partial charge in [0.25, 0.3) is 0 Å². The molecule has 2 nitrogen and oxygen atoms in total. The van der Waals surface area contributed by atoms with Gasteiger partial charge in [0, 0.05) is 19.5 Å². The molecule has 3 heteroatoms. The van der Waals surface area contributed by atoms with Gasteiger partial charge in [0.15, 0.2) is 0 Å². The van der Waals surface area contributed by atoms with Crippen molar-refractivity contribution in [2.75, 3.05) is 23.8 Å². The highest BCUT2D eigenvalue weighted by atomic mass is 32.1. The highest BCUT2D eigenvalue weighted by Gasteiger charge is 2.19. The van der Waals surface area contributed by atoms with Crippen LogP contribution in [0.5, 0.6) is 0 Å². The molecule has 1 N–H and O–H groups in total. The maximum Gasteiger partial charge on any atom is 0.0844 e. The van der Waals surface area contributed by atoms with Gasteiger partial charge in [-0.2, -0.15) is 0 Å². The highest BCUT2D eigenvalue weighted by Crippen LogP contribution is 2.28. The molecule has 0 spiro atoms. The van der Waals surface area contributed by atoms with E-state index in [4.69, 9.17) is 12.2 Å². The zero-order valence-corrected chi connectivity index (χ0v) is 9.27. The van der Waals surface area contributed by atoms with Gasteiger partial charge in [0.05, 0.1) is 16.4 Å². The number of nitrogens with zero attached hydrogens (tertiary/aromatic N) is 1. The molecule has 0 aliphatic carbocycles. The summed E-state index contributed by atoms with van der Waals surface area (Å²) in [4.78, 5) is 3.17. The molecule has 0 aromatic heterocycles. The first-order chi connectivity index (χ1) is 6.68. The Morgan fingerprint density at radius 3 is 2.93 bits per heavy atom. The third-order valence-electron chi connectivity index (χ3n) is 2.57. The lowest BCUT2D eigenvalue weighted by molar-refractivity contribution is 0.754. The Kier molecular flexibility index (Phi) is 2.42. The Bertz CT molecular complexity index is 362. The maximum atomic E-state index is 5.31. The van der Waals surface area contributed by atoms with E-state index in [1.54, 1.807) is 0 Å². The topological polar surface area (TPSA) is 15.3 Å². The van der Waals surface area contributed by atoms with E-state index in [1.807, 2.05) is 6.07 Å². The largest absolute Gasteiger partial charge is 0.372 e. The summed E-state index contributed by atoms with van der Waals surface area (Å²) < 4.78 is 0. The lowest BCUT2D eigenvalue weighted by atomic mass is 10.2. The van der Waals surface area contributed by atoms with Gasteiger partial charge < -0.3 is 10.2 Å².